The number of nitrogens with one attached hydrogen (secondary N) is 2. The molecule has 1 amide bonds. The van der Waals surface area contributed by atoms with E-state index in [2.05, 4.69) is 10.6 Å². The third-order valence-corrected chi connectivity index (χ3v) is 4.17. The predicted molar refractivity (Wildman–Crippen MR) is 83.7 cm³/mol. The highest BCUT2D eigenvalue weighted by Gasteiger charge is 2.19. The van der Waals surface area contributed by atoms with Gasteiger partial charge in [-0.05, 0) is 31.9 Å². The van der Waals surface area contributed by atoms with E-state index in [0.717, 1.165) is 31.0 Å². The Hall–Kier alpha value is -1.49. The van der Waals surface area contributed by atoms with Gasteiger partial charge in [-0.2, -0.15) is 0 Å². The third-order valence-electron chi connectivity index (χ3n) is 4.17. The summed E-state index contributed by atoms with van der Waals surface area (Å²) in [7, 11) is 0. The number of anilines is 1. The van der Waals surface area contributed by atoms with Gasteiger partial charge >= 0.3 is 0 Å². The molecule has 22 heavy (non-hydrogen) atoms. The molecule has 1 atom stereocenters. The second-order valence-corrected chi connectivity index (χ2v) is 6.04. The number of hydrogen-bond donors (Lipinski definition) is 2. The minimum atomic E-state index is -0.632. The molecule has 0 radical (unpaired) electrons. The Morgan fingerprint density at radius 2 is 1.77 bits per heavy atom. The minimum Gasteiger partial charge on any atom is -0.322 e. The molecule has 2 rings (SSSR count). The third kappa shape index (κ3) is 5.05. The molecule has 1 aromatic carbocycles. The number of carbonyl (C=O) groups is 1. The Labute approximate surface area is 130 Å². The van der Waals surface area contributed by atoms with Crippen LogP contribution in [-0.4, -0.2) is 18.0 Å². The van der Waals surface area contributed by atoms with Crippen LogP contribution in [-0.2, 0) is 4.79 Å². The average molecular weight is 310 g/mol. The van der Waals surface area contributed by atoms with Crippen LogP contribution in [0.15, 0.2) is 18.2 Å². The molecule has 122 valence electrons. The molecule has 1 aliphatic carbocycles. The highest BCUT2D eigenvalue weighted by atomic mass is 19.1. The van der Waals surface area contributed by atoms with Gasteiger partial charge in [0.2, 0.25) is 5.91 Å². The lowest BCUT2D eigenvalue weighted by molar-refractivity contribution is -0.118. The molecule has 1 fully saturated rings. The maximum atomic E-state index is 13.5. The van der Waals surface area contributed by atoms with Gasteiger partial charge in [0.25, 0.3) is 0 Å². The van der Waals surface area contributed by atoms with Crippen LogP contribution in [0.5, 0.6) is 0 Å². The summed E-state index contributed by atoms with van der Waals surface area (Å²) >= 11 is 0. The van der Waals surface area contributed by atoms with E-state index in [0.29, 0.717) is 6.04 Å². The van der Waals surface area contributed by atoms with E-state index in [1.165, 1.54) is 32.1 Å². The van der Waals surface area contributed by atoms with Gasteiger partial charge in [0.15, 0.2) is 0 Å². The van der Waals surface area contributed by atoms with Gasteiger partial charge in [0.1, 0.15) is 11.6 Å². The van der Waals surface area contributed by atoms with Gasteiger partial charge < -0.3 is 10.6 Å². The van der Waals surface area contributed by atoms with Crippen LogP contribution in [0.4, 0.5) is 14.5 Å². The van der Waals surface area contributed by atoms with Crippen molar-refractivity contribution in [1.82, 2.24) is 5.32 Å². The fraction of sp³-hybridized carbons (Fsp3) is 0.588. The first-order valence-corrected chi connectivity index (χ1v) is 8.08. The maximum absolute atomic E-state index is 13.5. The molecule has 0 bridgehead atoms. The number of carbonyl (C=O) groups excluding carboxylic acids is 1. The van der Waals surface area contributed by atoms with Gasteiger partial charge in [0, 0.05) is 12.1 Å². The van der Waals surface area contributed by atoms with Crippen LogP contribution < -0.4 is 10.6 Å². The Morgan fingerprint density at radius 1 is 1.14 bits per heavy atom. The molecule has 1 aliphatic rings. The summed E-state index contributed by atoms with van der Waals surface area (Å²) in [6.45, 7) is 1.76. The highest BCUT2D eigenvalue weighted by Crippen LogP contribution is 2.18. The maximum Gasteiger partial charge on any atom is 0.241 e. The molecule has 0 aliphatic heterocycles. The molecule has 0 heterocycles. The normalized spacial score (nSPS) is 18.3. The van der Waals surface area contributed by atoms with Crippen LogP contribution in [0.25, 0.3) is 0 Å². The molecule has 2 N–H and O–H groups in total. The van der Waals surface area contributed by atoms with Crippen molar-refractivity contribution in [1.29, 1.82) is 0 Å². The van der Waals surface area contributed by atoms with Crippen molar-refractivity contribution in [2.45, 2.75) is 64.0 Å². The number of benzene rings is 1. The number of halogens is 2. The van der Waals surface area contributed by atoms with Crippen molar-refractivity contribution in [3.8, 4) is 0 Å². The number of rotatable bonds is 4. The van der Waals surface area contributed by atoms with E-state index in [-0.39, 0.29) is 11.6 Å². The average Bonchev–Trinajstić information content (AvgIpc) is 2.45. The van der Waals surface area contributed by atoms with Gasteiger partial charge in [-0.1, -0.05) is 32.1 Å². The second-order valence-electron chi connectivity index (χ2n) is 6.04. The molecule has 0 unspecified atom stereocenters. The predicted octanol–water partition coefficient (Wildman–Crippen LogP) is 3.99. The van der Waals surface area contributed by atoms with Crippen molar-refractivity contribution in [2.75, 3.05) is 5.32 Å². The summed E-state index contributed by atoms with van der Waals surface area (Å²) in [5.74, 6) is -1.54. The lowest BCUT2D eigenvalue weighted by Crippen LogP contribution is -2.44. The summed E-state index contributed by atoms with van der Waals surface area (Å²) in [5.41, 5.74) is -0.115. The van der Waals surface area contributed by atoms with E-state index in [1.807, 2.05) is 0 Å². The number of hydrogen-bond acceptors (Lipinski definition) is 2. The summed E-state index contributed by atoms with van der Waals surface area (Å²) < 4.78 is 26.7. The molecule has 1 aromatic rings. The van der Waals surface area contributed by atoms with E-state index < -0.39 is 17.7 Å². The summed E-state index contributed by atoms with van der Waals surface area (Å²) in [4.78, 5) is 12.1. The first kappa shape index (κ1) is 16.9. The lowest BCUT2D eigenvalue weighted by atomic mass is 9.96. The van der Waals surface area contributed by atoms with Crippen molar-refractivity contribution < 1.29 is 13.6 Å². The van der Waals surface area contributed by atoms with E-state index in [1.54, 1.807) is 6.92 Å². The van der Waals surface area contributed by atoms with E-state index in [9.17, 15) is 13.6 Å². The number of amides is 1. The fourth-order valence-corrected chi connectivity index (χ4v) is 2.89. The monoisotopic (exact) mass is 310 g/mol. The fourth-order valence-electron chi connectivity index (χ4n) is 2.89. The van der Waals surface area contributed by atoms with Crippen molar-refractivity contribution in [3.63, 3.8) is 0 Å². The Morgan fingerprint density at radius 3 is 2.45 bits per heavy atom. The zero-order valence-electron chi connectivity index (χ0n) is 13.0. The minimum absolute atomic E-state index is 0.115. The molecule has 1 saturated carbocycles. The van der Waals surface area contributed by atoms with E-state index in [4.69, 9.17) is 0 Å². The van der Waals surface area contributed by atoms with Crippen LogP contribution in [0.2, 0.25) is 0 Å². The zero-order chi connectivity index (χ0) is 15.9. The van der Waals surface area contributed by atoms with Crippen LogP contribution in [0, 0.1) is 11.6 Å². The van der Waals surface area contributed by atoms with Gasteiger partial charge in [-0.25, -0.2) is 8.78 Å². The first-order chi connectivity index (χ1) is 10.6. The molecule has 5 heteroatoms. The van der Waals surface area contributed by atoms with E-state index >= 15 is 0 Å². The zero-order valence-corrected chi connectivity index (χ0v) is 13.0. The Bertz CT molecular complexity index is 499. The van der Waals surface area contributed by atoms with Gasteiger partial charge in [0.05, 0.1) is 11.7 Å². The van der Waals surface area contributed by atoms with Crippen molar-refractivity contribution >= 4 is 11.6 Å². The van der Waals surface area contributed by atoms with Gasteiger partial charge in [-0.3, -0.25) is 4.79 Å². The van der Waals surface area contributed by atoms with Gasteiger partial charge in [-0.15, -0.1) is 0 Å². The largest absolute Gasteiger partial charge is 0.322 e. The van der Waals surface area contributed by atoms with Crippen LogP contribution in [0.1, 0.15) is 51.9 Å². The van der Waals surface area contributed by atoms with Crippen LogP contribution in [0.3, 0.4) is 0 Å². The first-order valence-electron chi connectivity index (χ1n) is 8.08. The smallest absolute Gasteiger partial charge is 0.241 e. The molecule has 0 aromatic heterocycles. The molecular formula is C17H24F2N2O. The van der Waals surface area contributed by atoms with Crippen molar-refractivity contribution in [3.05, 3.63) is 29.8 Å². The highest BCUT2D eigenvalue weighted by molar-refractivity contribution is 5.94. The topological polar surface area (TPSA) is 41.1 Å². The Kier molecular flexibility index (Phi) is 6.31. The summed E-state index contributed by atoms with van der Waals surface area (Å²) in [6, 6.07) is 2.92. The standard InChI is InChI=1S/C17H24F2N2O/c1-12(20-14-7-5-3-2-4-6-8-14)17(22)21-16-11-13(18)9-10-15(16)19/h9-12,14,20H,2-8H2,1H3,(H,21,22)/t12-/m0/s1. The molecule has 0 spiro atoms. The van der Waals surface area contributed by atoms with Crippen molar-refractivity contribution in [2.24, 2.45) is 0 Å². The molecular weight excluding hydrogens is 286 g/mol. The second kappa shape index (κ2) is 8.22. The SMILES string of the molecule is C[C@H](NC1CCCCCCC1)C(=O)Nc1cc(F)ccc1F. The van der Waals surface area contributed by atoms with Crippen LogP contribution >= 0.6 is 0 Å². The quantitative estimate of drug-likeness (QED) is 0.882. The Balaban J connectivity index is 1.89. The molecule has 0 saturated heterocycles. The summed E-state index contributed by atoms with van der Waals surface area (Å²) in [5, 5.41) is 5.76. The summed E-state index contributed by atoms with van der Waals surface area (Å²) in [6.07, 6.45) is 8.25. The lowest BCUT2D eigenvalue weighted by Gasteiger charge is -2.24. The molecule has 3 nitrogen and oxygen atoms in total.